The highest BCUT2D eigenvalue weighted by Gasteiger charge is 2.35. The van der Waals surface area contributed by atoms with Crippen molar-refractivity contribution >= 4 is 71.1 Å². The third kappa shape index (κ3) is 30.0. The van der Waals surface area contributed by atoms with Gasteiger partial charge in [-0.1, -0.05) is 55.4 Å². The highest BCUT2D eigenvalue weighted by atomic mass is 16.4. The van der Waals surface area contributed by atoms with E-state index in [1.54, 1.807) is 55.4 Å². The molecule has 78 heavy (non-hydrogen) atoms. The second-order valence-corrected chi connectivity index (χ2v) is 20.8. The lowest BCUT2D eigenvalue weighted by molar-refractivity contribution is -0.143. The molecule has 0 aliphatic carbocycles. The molecule has 29 heteroatoms. The number of nitrogens with zero attached hydrogens (tertiary/aromatic N) is 3. The molecule has 0 heterocycles. The Hall–Kier alpha value is -7.04. The molecule has 0 aliphatic rings. The number of amides is 8. The van der Waals surface area contributed by atoms with Gasteiger partial charge in [0.25, 0.3) is 0 Å². The van der Waals surface area contributed by atoms with Crippen molar-refractivity contribution in [2.75, 3.05) is 26.2 Å². The van der Waals surface area contributed by atoms with Crippen LogP contribution >= 0.6 is 0 Å². The number of carboxylic acid groups (broad SMARTS) is 1. The van der Waals surface area contributed by atoms with Gasteiger partial charge in [0.1, 0.15) is 48.3 Å². The number of hydrogen-bond donors (Lipinski definition) is 17. The Morgan fingerprint density at radius 2 is 0.731 bits per heavy atom. The molecule has 0 saturated carbocycles. The maximum Gasteiger partial charge on any atom is 0.326 e. The Labute approximate surface area is 458 Å². The fourth-order valence-corrected chi connectivity index (χ4v) is 7.59. The normalized spacial score (nSPS) is 14.7. The fourth-order valence-electron chi connectivity index (χ4n) is 7.59. The quantitative estimate of drug-likeness (QED) is 0.0158. The van der Waals surface area contributed by atoms with Crippen molar-refractivity contribution in [3.63, 3.8) is 0 Å². The number of hydrogen-bond acceptors (Lipinski definition) is 14. The fraction of sp³-hybridized carbons (Fsp3) is 0.755. The molecule has 0 aromatic rings. The summed E-state index contributed by atoms with van der Waals surface area (Å²) in [5, 5.41) is 31.0. The summed E-state index contributed by atoms with van der Waals surface area (Å²) in [5.41, 5.74) is 44.7. The van der Waals surface area contributed by atoms with E-state index in [9.17, 15) is 48.3 Å². The van der Waals surface area contributed by atoms with E-state index in [1.165, 1.54) is 6.92 Å². The molecule has 29 nitrogen and oxygen atoms in total. The van der Waals surface area contributed by atoms with E-state index in [1.807, 2.05) is 0 Å². The van der Waals surface area contributed by atoms with E-state index in [2.05, 4.69) is 57.5 Å². The van der Waals surface area contributed by atoms with Crippen molar-refractivity contribution in [2.45, 2.75) is 187 Å². The van der Waals surface area contributed by atoms with E-state index in [0.717, 1.165) is 0 Å². The van der Waals surface area contributed by atoms with Crippen molar-refractivity contribution < 1.29 is 48.3 Å². The zero-order chi connectivity index (χ0) is 59.8. The van der Waals surface area contributed by atoms with Crippen LogP contribution in [0.3, 0.4) is 0 Å². The first kappa shape index (κ1) is 71.0. The van der Waals surface area contributed by atoms with Gasteiger partial charge in [-0.05, 0) is 108 Å². The monoisotopic (exact) mass is 1110 g/mol. The SMILES string of the molecule is CC(C)C[C@H](NC(=O)[C@H](CCCN=C(N)N)NC(=O)[C@H](CCCN=C(N)N)NC(=O)[C@@H](NC(=O)[C@H](CCCN=C(N)N)NC(=O)[C@H](CC(C)C)NC(=O)[C@H](C)NC(=O)[C@H](CCCCN)NC(=O)[C@@H](N)C(C)C)C(C)C)C(=O)O. The van der Waals surface area contributed by atoms with Crippen LogP contribution in [0.4, 0.5) is 0 Å². The van der Waals surface area contributed by atoms with Gasteiger partial charge in [0.15, 0.2) is 17.9 Å². The summed E-state index contributed by atoms with van der Waals surface area (Å²) in [6.07, 6.45) is 1.78. The van der Waals surface area contributed by atoms with Gasteiger partial charge in [-0.2, -0.15) is 0 Å². The highest BCUT2D eigenvalue weighted by molar-refractivity contribution is 5.98. The standard InChI is InChI=1S/C49H95N19O10/c1-25(2)23-34(66-38(69)29(9)61-39(70)30(15-10-11-19-50)64-44(75)36(51)27(5)6)43(74)63-33(18-14-22-60-49(56)57)42(73)68-37(28(7)8)45(76)65-32(17-13-21-59-48(54)55)40(71)62-31(16-12-20-58-47(52)53)41(72)67-35(46(77)78)24-26(3)4/h25-37H,10-24,50-51H2,1-9H3,(H,61,70)(H,62,71)(H,63,74)(H,64,75)(H,65,76)(H,66,69)(H,67,72)(H,68,73)(H,77,78)(H4,52,53,58)(H4,54,55,59)(H4,56,57,60)/t29-,30-,31-,32-,33-,34-,35-,36-,37-/m0/s1. The van der Waals surface area contributed by atoms with Gasteiger partial charge in [-0.25, -0.2) is 4.79 Å². The zero-order valence-electron chi connectivity index (χ0n) is 47.2. The summed E-state index contributed by atoms with van der Waals surface area (Å²) < 4.78 is 0. The average Bonchev–Trinajstić information content (AvgIpc) is 3.33. The van der Waals surface area contributed by atoms with Gasteiger partial charge >= 0.3 is 5.97 Å². The number of unbranched alkanes of at least 4 members (excludes halogenated alkanes) is 1. The summed E-state index contributed by atoms with van der Waals surface area (Å²) in [5.74, 6) is -9.07. The van der Waals surface area contributed by atoms with Crippen molar-refractivity contribution in [3.8, 4) is 0 Å². The van der Waals surface area contributed by atoms with E-state index in [0.29, 0.717) is 19.4 Å². The molecule has 0 saturated heterocycles. The molecule has 8 amide bonds. The van der Waals surface area contributed by atoms with Gasteiger partial charge in [0.2, 0.25) is 47.3 Å². The first-order chi connectivity index (χ1) is 36.4. The molecule has 0 aliphatic heterocycles. The summed E-state index contributed by atoms with van der Waals surface area (Å²) in [6, 6.07) is -11.0. The van der Waals surface area contributed by atoms with Gasteiger partial charge in [0.05, 0.1) is 6.04 Å². The summed E-state index contributed by atoms with van der Waals surface area (Å²) in [4.78, 5) is 135. The minimum atomic E-state index is -1.37. The number of carbonyl (C=O) groups is 9. The largest absolute Gasteiger partial charge is 0.480 e. The molecular weight excluding hydrogens is 1010 g/mol. The van der Waals surface area contributed by atoms with Crippen molar-refractivity contribution in [1.29, 1.82) is 0 Å². The molecule has 25 N–H and O–H groups in total. The lowest BCUT2D eigenvalue weighted by Crippen LogP contribution is -2.61. The maximum absolute atomic E-state index is 14.3. The molecule has 9 atom stereocenters. The van der Waals surface area contributed by atoms with Gasteiger partial charge in [0, 0.05) is 19.6 Å². The molecule has 0 unspecified atom stereocenters. The highest BCUT2D eigenvalue weighted by Crippen LogP contribution is 2.13. The summed E-state index contributed by atoms with van der Waals surface area (Å²) in [7, 11) is 0. The van der Waals surface area contributed by atoms with Crippen LogP contribution in [0.15, 0.2) is 15.0 Å². The molecule has 0 fully saturated rings. The van der Waals surface area contributed by atoms with Crippen molar-refractivity contribution in [1.82, 2.24) is 42.5 Å². The molecule has 0 rings (SSSR count). The van der Waals surface area contributed by atoms with Crippen LogP contribution < -0.4 is 88.4 Å². The van der Waals surface area contributed by atoms with Crippen molar-refractivity contribution in [2.24, 2.45) is 84.5 Å². The minimum absolute atomic E-state index is 0.0405. The van der Waals surface area contributed by atoms with Crippen LogP contribution in [0.1, 0.15) is 133 Å². The van der Waals surface area contributed by atoms with E-state index in [4.69, 9.17) is 45.9 Å². The van der Waals surface area contributed by atoms with Crippen LogP contribution in [0.25, 0.3) is 0 Å². The van der Waals surface area contributed by atoms with Crippen LogP contribution in [0.2, 0.25) is 0 Å². The average molecular weight is 1110 g/mol. The number of aliphatic carboxylic acids is 1. The Balaban J connectivity index is 6.84. The van der Waals surface area contributed by atoms with Crippen LogP contribution in [0, 0.1) is 23.7 Å². The Morgan fingerprint density at radius 1 is 0.397 bits per heavy atom. The van der Waals surface area contributed by atoms with E-state index >= 15 is 0 Å². The molecular formula is C49H95N19O10. The minimum Gasteiger partial charge on any atom is -0.480 e. The smallest absolute Gasteiger partial charge is 0.326 e. The summed E-state index contributed by atoms with van der Waals surface area (Å²) >= 11 is 0. The van der Waals surface area contributed by atoms with Crippen LogP contribution in [0.5, 0.6) is 0 Å². The molecule has 0 radical (unpaired) electrons. The van der Waals surface area contributed by atoms with Gasteiger partial charge < -0.3 is 93.5 Å². The third-order valence-corrected chi connectivity index (χ3v) is 12.0. The number of carbonyl (C=O) groups excluding carboxylic acids is 8. The lowest BCUT2D eigenvalue weighted by Gasteiger charge is -2.29. The number of rotatable bonds is 39. The first-order valence-electron chi connectivity index (χ1n) is 26.7. The van der Waals surface area contributed by atoms with Crippen LogP contribution in [-0.2, 0) is 43.2 Å². The van der Waals surface area contributed by atoms with Gasteiger partial charge in [-0.3, -0.25) is 53.3 Å². The molecule has 446 valence electrons. The Morgan fingerprint density at radius 3 is 1.10 bits per heavy atom. The molecule has 0 spiro atoms. The maximum atomic E-state index is 14.3. The number of guanidine groups is 3. The van der Waals surface area contributed by atoms with Crippen molar-refractivity contribution in [3.05, 3.63) is 0 Å². The van der Waals surface area contributed by atoms with Crippen LogP contribution in [-0.4, -0.2) is 157 Å². The Bertz CT molecular complexity index is 2020. The summed E-state index contributed by atoms with van der Waals surface area (Å²) in [6.45, 7) is 15.9. The van der Waals surface area contributed by atoms with E-state index in [-0.39, 0.29) is 113 Å². The predicted molar refractivity (Wildman–Crippen MR) is 298 cm³/mol. The molecule has 0 bridgehead atoms. The first-order valence-corrected chi connectivity index (χ1v) is 26.7. The zero-order valence-corrected chi connectivity index (χ0v) is 47.2. The third-order valence-electron chi connectivity index (χ3n) is 12.0. The number of aliphatic imine (C=N–C) groups is 3. The molecule has 0 aromatic carbocycles. The number of nitrogens with one attached hydrogen (secondary N) is 8. The molecule has 0 aromatic heterocycles. The second kappa shape index (κ2) is 37.7. The lowest BCUT2D eigenvalue weighted by atomic mass is 9.99. The predicted octanol–water partition coefficient (Wildman–Crippen LogP) is -4.01. The Kier molecular flexibility index (Phi) is 34.3. The topological polar surface area (TPSA) is 515 Å². The van der Waals surface area contributed by atoms with E-state index < -0.39 is 114 Å². The number of nitrogens with two attached hydrogens (primary N) is 8. The number of carboxylic acids is 1. The van der Waals surface area contributed by atoms with Gasteiger partial charge in [-0.15, -0.1) is 0 Å². The second-order valence-electron chi connectivity index (χ2n) is 20.8.